The maximum absolute atomic E-state index is 10.5. The van der Waals surface area contributed by atoms with Crippen molar-refractivity contribution in [2.75, 3.05) is 0 Å². The zero-order valence-corrected chi connectivity index (χ0v) is 7.44. The van der Waals surface area contributed by atoms with Crippen molar-refractivity contribution >= 4 is 6.09 Å². The van der Waals surface area contributed by atoms with Gasteiger partial charge in [0.2, 0.25) is 0 Å². The first-order valence-electron chi connectivity index (χ1n) is 4.84. The summed E-state index contributed by atoms with van der Waals surface area (Å²) in [5, 5.41) is 20.7. The molecule has 13 heavy (non-hydrogen) atoms. The smallest absolute Gasteiger partial charge is 0.404 e. The molecule has 2 fully saturated rings. The van der Waals surface area contributed by atoms with Crippen LogP contribution in [-0.2, 0) is 0 Å². The average molecular weight is 185 g/mol. The van der Waals surface area contributed by atoms with Crippen LogP contribution in [0.5, 0.6) is 0 Å². The molecule has 2 saturated carbocycles. The molecular formula is C9H15NO3. The van der Waals surface area contributed by atoms with Gasteiger partial charge in [0.25, 0.3) is 0 Å². The van der Waals surface area contributed by atoms with Crippen LogP contribution >= 0.6 is 0 Å². The lowest BCUT2D eigenvalue weighted by atomic mass is 9.82. The van der Waals surface area contributed by atoms with Gasteiger partial charge in [-0.25, -0.2) is 4.79 Å². The second kappa shape index (κ2) is 3.18. The standard InChI is InChI=1S/C9H15NO3/c11-7-3-5-1-2-6(4-7)8(5)10-9(12)13/h5-8,10-11H,1-4H2,(H,12,13). The van der Waals surface area contributed by atoms with Gasteiger partial charge in [0, 0.05) is 6.04 Å². The zero-order chi connectivity index (χ0) is 9.42. The van der Waals surface area contributed by atoms with E-state index in [0.717, 1.165) is 25.7 Å². The number of carbonyl (C=O) groups is 1. The van der Waals surface area contributed by atoms with Crippen LogP contribution in [0.4, 0.5) is 4.79 Å². The molecule has 0 aromatic heterocycles. The Kier molecular flexibility index (Phi) is 2.15. The Morgan fingerprint density at radius 2 is 1.77 bits per heavy atom. The number of aliphatic hydroxyl groups excluding tert-OH is 1. The molecule has 0 heterocycles. The third-order valence-electron chi connectivity index (χ3n) is 3.36. The molecule has 4 heteroatoms. The van der Waals surface area contributed by atoms with Crippen LogP contribution in [0.2, 0.25) is 0 Å². The van der Waals surface area contributed by atoms with E-state index < -0.39 is 6.09 Å². The summed E-state index contributed by atoms with van der Waals surface area (Å²) in [6, 6.07) is 0.0981. The van der Waals surface area contributed by atoms with Gasteiger partial charge in [0.15, 0.2) is 0 Å². The molecule has 2 aliphatic rings. The van der Waals surface area contributed by atoms with Crippen LogP contribution in [0.3, 0.4) is 0 Å². The van der Waals surface area contributed by atoms with E-state index in [1.165, 1.54) is 0 Å². The highest BCUT2D eigenvalue weighted by Gasteiger charge is 2.42. The second-order valence-corrected chi connectivity index (χ2v) is 4.20. The molecule has 2 aliphatic carbocycles. The van der Waals surface area contributed by atoms with Crippen molar-refractivity contribution in [3.8, 4) is 0 Å². The quantitative estimate of drug-likeness (QED) is 0.566. The fourth-order valence-electron chi connectivity index (χ4n) is 2.87. The first-order chi connectivity index (χ1) is 6.16. The van der Waals surface area contributed by atoms with Crippen LogP contribution in [0, 0.1) is 11.8 Å². The van der Waals surface area contributed by atoms with Gasteiger partial charge in [0.1, 0.15) is 0 Å². The van der Waals surface area contributed by atoms with E-state index in [4.69, 9.17) is 5.11 Å². The van der Waals surface area contributed by atoms with Gasteiger partial charge in [0.05, 0.1) is 6.10 Å². The highest BCUT2D eigenvalue weighted by molar-refractivity contribution is 5.65. The summed E-state index contributed by atoms with van der Waals surface area (Å²) < 4.78 is 0. The Morgan fingerprint density at radius 1 is 1.23 bits per heavy atom. The average Bonchev–Trinajstić information content (AvgIpc) is 2.32. The van der Waals surface area contributed by atoms with Crippen molar-refractivity contribution in [2.45, 2.75) is 37.8 Å². The number of amides is 1. The summed E-state index contributed by atoms with van der Waals surface area (Å²) in [6.45, 7) is 0. The van der Waals surface area contributed by atoms with Gasteiger partial charge in [-0.05, 0) is 37.5 Å². The number of hydrogen-bond donors (Lipinski definition) is 3. The summed E-state index contributed by atoms with van der Waals surface area (Å²) in [4.78, 5) is 10.5. The number of hydrogen-bond acceptors (Lipinski definition) is 2. The predicted octanol–water partition coefficient (Wildman–Crippen LogP) is 0.803. The molecule has 0 spiro atoms. The lowest BCUT2D eigenvalue weighted by molar-refractivity contribution is 0.0740. The van der Waals surface area contributed by atoms with E-state index in [9.17, 15) is 9.90 Å². The highest BCUT2D eigenvalue weighted by atomic mass is 16.4. The highest BCUT2D eigenvalue weighted by Crippen LogP contribution is 2.42. The molecule has 0 radical (unpaired) electrons. The first kappa shape index (κ1) is 8.81. The van der Waals surface area contributed by atoms with Crippen LogP contribution in [0.15, 0.2) is 0 Å². The molecule has 3 N–H and O–H groups in total. The Morgan fingerprint density at radius 3 is 2.23 bits per heavy atom. The maximum Gasteiger partial charge on any atom is 0.404 e. The van der Waals surface area contributed by atoms with Gasteiger partial charge >= 0.3 is 6.09 Å². The molecule has 1 amide bonds. The summed E-state index contributed by atoms with van der Waals surface area (Å²) in [6.07, 6.45) is 2.52. The molecule has 2 rings (SSSR count). The van der Waals surface area contributed by atoms with E-state index in [-0.39, 0.29) is 12.1 Å². The second-order valence-electron chi connectivity index (χ2n) is 4.20. The lowest BCUT2D eigenvalue weighted by Crippen LogP contribution is -2.45. The fraction of sp³-hybridized carbons (Fsp3) is 0.889. The van der Waals surface area contributed by atoms with Crippen molar-refractivity contribution < 1.29 is 15.0 Å². The van der Waals surface area contributed by atoms with Crippen LogP contribution in [0.25, 0.3) is 0 Å². The number of nitrogens with one attached hydrogen (secondary N) is 1. The van der Waals surface area contributed by atoms with Gasteiger partial charge in [-0.2, -0.15) is 0 Å². The predicted molar refractivity (Wildman–Crippen MR) is 46.4 cm³/mol. The summed E-state index contributed by atoms with van der Waals surface area (Å²) in [7, 11) is 0. The zero-order valence-electron chi connectivity index (χ0n) is 7.44. The molecule has 2 unspecified atom stereocenters. The van der Waals surface area contributed by atoms with Crippen molar-refractivity contribution in [1.82, 2.24) is 5.32 Å². The van der Waals surface area contributed by atoms with Gasteiger partial charge in [-0.1, -0.05) is 0 Å². The minimum atomic E-state index is -0.932. The van der Waals surface area contributed by atoms with E-state index in [2.05, 4.69) is 5.32 Å². The van der Waals surface area contributed by atoms with Crippen LogP contribution in [0.1, 0.15) is 25.7 Å². The topological polar surface area (TPSA) is 69.6 Å². The van der Waals surface area contributed by atoms with Gasteiger partial charge in [-0.3, -0.25) is 0 Å². The van der Waals surface area contributed by atoms with E-state index >= 15 is 0 Å². The summed E-state index contributed by atoms with van der Waals surface area (Å²) in [5.41, 5.74) is 0. The molecule has 74 valence electrons. The largest absolute Gasteiger partial charge is 0.465 e. The van der Waals surface area contributed by atoms with Crippen molar-refractivity contribution in [3.63, 3.8) is 0 Å². The molecule has 0 saturated heterocycles. The molecule has 2 atom stereocenters. The van der Waals surface area contributed by atoms with E-state index in [1.54, 1.807) is 0 Å². The van der Waals surface area contributed by atoms with E-state index in [0.29, 0.717) is 11.8 Å². The van der Waals surface area contributed by atoms with E-state index in [1.807, 2.05) is 0 Å². The van der Waals surface area contributed by atoms with Crippen molar-refractivity contribution in [3.05, 3.63) is 0 Å². The number of rotatable bonds is 1. The maximum atomic E-state index is 10.5. The molecule has 2 bridgehead atoms. The molecule has 4 nitrogen and oxygen atoms in total. The third kappa shape index (κ3) is 1.63. The van der Waals surface area contributed by atoms with Crippen LogP contribution in [-0.4, -0.2) is 28.5 Å². The first-order valence-corrected chi connectivity index (χ1v) is 4.84. The Labute approximate surface area is 76.9 Å². The van der Waals surface area contributed by atoms with Crippen molar-refractivity contribution in [1.29, 1.82) is 0 Å². The van der Waals surface area contributed by atoms with Gasteiger partial charge < -0.3 is 15.5 Å². The van der Waals surface area contributed by atoms with Crippen LogP contribution < -0.4 is 5.32 Å². The molecule has 0 aromatic carbocycles. The lowest BCUT2D eigenvalue weighted by Gasteiger charge is -2.32. The molecule has 0 aliphatic heterocycles. The van der Waals surface area contributed by atoms with Gasteiger partial charge in [-0.15, -0.1) is 0 Å². The SMILES string of the molecule is O=C(O)NC1C2CCC1CC(O)C2. The number of fused-ring (bicyclic) bond motifs is 2. The summed E-state index contributed by atoms with van der Waals surface area (Å²) in [5.74, 6) is 0.731. The Hall–Kier alpha value is -0.770. The fourth-order valence-corrected chi connectivity index (χ4v) is 2.87. The Balaban J connectivity index is 2.02. The number of aliphatic hydroxyl groups is 1. The third-order valence-corrected chi connectivity index (χ3v) is 3.36. The normalized spacial score (nSPS) is 43.2. The monoisotopic (exact) mass is 185 g/mol. The minimum Gasteiger partial charge on any atom is -0.465 e. The Bertz CT molecular complexity index is 205. The minimum absolute atomic E-state index is 0.0981. The number of carboxylic acid groups (broad SMARTS) is 1. The molecular weight excluding hydrogens is 170 g/mol. The summed E-state index contributed by atoms with van der Waals surface area (Å²) >= 11 is 0. The van der Waals surface area contributed by atoms with Crippen molar-refractivity contribution in [2.24, 2.45) is 11.8 Å². The molecule has 0 aromatic rings.